The third-order valence-electron chi connectivity index (χ3n) is 2.89. The average Bonchev–Trinajstić information content (AvgIpc) is 2.77. The first-order valence-corrected chi connectivity index (χ1v) is 6.45. The van der Waals surface area contributed by atoms with Gasteiger partial charge in [0.1, 0.15) is 11.0 Å². The number of rotatable bonds is 3. The topological polar surface area (TPSA) is 64.0 Å². The van der Waals surface area contributed by atoms with Crippen LogP contribution in [-0.4, -0.2) is 21.5 Å². The molecular formula is C11H14BrN3O2. The summed E-state index contributed by atoms with van der Waals surface area (Å²) in [5.41, 5.74) is -0.235. The Bertz CT molecular complexity index is 466. The maximum absolute atomic E-state index is 11.7. The van der Waals surface area contributed by atoms with Gasteiger partial charge in [0.2, 0.25) is 5.91 Å². The van der Waals surface area contributed by atoms with Crippen molar-refractivity contribution in [1.82, 2.24) is 14.9 Å². The molecule has 92 valence electrons. The lowest BCUT2D eigenvalue weighted by Gasteiger charge is -2.12. The van der Waals surface area contributed by atoms with E-state index in [1.807, 2.05) is 0 Å². The monoisotopic (exact) mass is 299 g/mol. The summed E-state index contributed by atoms with van der Waals surface area (Å²) in [6.07, 6.45) is 7.22. The zero-order valence-electron chi connectivity index (χ0n) is 9.36. The van der Waals surface area contributed by atoms with Crippen LogP contribution in [0.25, 0.3) is 0 Å². The third-order valence-corrected chi connectivity index (χ3v) is 3.44. The molecule has 1 aliphatic rings. The summed E-state index contributed by atoms with van der Waals surface area (Å²) in [6.45, 7) is 0.0295. The molecule has 1 heterocycles. The van der Waals surface area contributed by atoms with Gasteiger partial charge in [-0.1, -0.05) is 12.8 Å². The van der Waals surface area contributed by atoms with E-state index in [1.165, 1.54) is 29.9 Å². The predicted octanol–water partition coefficient (Wildman–Crippen LogP) is 1.06. The summed E-state index contributed by atoms with van der Waals surface area (Å²) in [6, 6.07) is 0.276. The highest BCUT2D eigenvalue weighted by atomic mass is 79.9. The summed E-state index contributed by atoms with van der Waals surface area (Å²) in [4.78, 5) is 27.2. The Morgan fingerprint density at radius 1 is 1.53 bits per heavy atom. The van der Waals surface area contributed by atoms with Gasteiger partial charge >= 0.3 is 0 Å². The Balaban J connectivity index is 1.98. The first-order chi connectivity index (χ1) is 8.16. The van der Waals surface area contributed by atoms with E-state index in [0.717, 1.165) is 12.8 Å². The molecule has 0 saturated heterocycles. The number of nitrogens with one attached hydrogen (secondary N) is 1. The van der Waals surface area contributed by atoms with Crippen LogP contribution in [0.15, 0.2) is 21.8 Å². The van der Waals surface area contributed by atoms with Crippen LogP contribution in [0.1, 0.15) is 25.7 Å². The molecule has 2 rings (SSSR count). The lowest BCUT2D eigenvalue weighted by Crippen LogP contribution is -2.37. The fourth-order valence-electron chi connectivity index (χ4n) is 2.03. The molecule has 0 aromatic carbocycles. The molecule has 5 nitrogen and oxygen atoms in total. The Hall–Kier alpha value is -1.17. The van der Waals surface area contributed by atoms with E-state index in [4.69, 9.17) is 0 Å². The van der Waals surface area contributed by atoms with E-state index in [0.29, 0.717) is 4.47 Å². The molecule has 0 radical (unpaired) electrons. The van der Waals surface area contributed by atoms with E-state index in [9.17, 15) is 9.59 Å². The summed E-state index contributed by atoms with van der Waals surface area (Å²) < 4.78 is 1.67. The lowest BCUT2D eigenvalue weighted by atomic mass is 10.2. The number of carbonyl (C=O) groups excluding carboxylic acids is 1. The van der Waals surface area contributed by atoms with Gasteiger partial charge in [0.25, 0.3) is 5.56 Å². The van der Waals surface area contributed by atoms with Gasteiger partial charge in [0.05, 0.1) is 6.33 Å². The number of carbonyl (C=O) groups is 1. The second kappa shape index (κ2) is 5.44. The highest BCUT2D eigenvalue weighted by Crippen LogP contribution is 2.17. The molecule has 1 aromatic heterocycles. The second-order valence-corrected chi connectivity index (χ2v) is 5.08. The first kappa shape index (κ1) is 12.3. The molecule has 1 aromatic rings. The highest BCUT2D eigenvalue weighted by molar-refractivity contribution is 9.10. The zero-order valence-corrected chi connectivity index (χ0v) is 10.9. The highest BCUT2D eigenvalue weighted by Gasteiger charge is 2.17. The summed E-state index contributed by atoms with van der Waals surface area (Å²) in [7, 11) is 0. The summed E-state index contributed by atoms with van der Waals surface area (Å²) in [5.74, 6) is -0.126. The van der Waals surface area contributed by atoms with E-state index < -0.39 is 0 Å². The van der Waals surface area contributed by atoms with Gasteiger partial charge in [-0.3, -0.25) is 14.2 Å². The van der Waals surface area contributed by atoms with Crippen molar-refractivity contribution in [2.75, 3.05) is 0 Å². The van der Waals surface area contributed by atoms with Crippen molar-refractivity contribution in [1.29, 1.82) is 0 Å². The van der Waals surface area contributed by atoms with Crippen LogP contribution in [0.5, 0.6) is 0 Å². The number of amides is 1. The van der Waals surface area contributed by atoms with Crippen LogP contribution >= 0.6 is 15.9 Å². The van der Waals surface area contributed by atoms with Crippen LogP contribution in [0.3, 0.4) is 0 Å². The number of hydrogen-bond donors (Lipinski definition) is 1. The van der Waals surface area contributed by atoms with Crippen molar-refractivity contribution in [3.63, 3.8) is 0 Å². The van der Waals surface area contributed by atoms with Gasteiger partial charge in [-0.05, 0) is 28.8 Å². The zero-order chi connectivity index (χ0) is 12.3. The molecule has 1 fully saturated rings. The Morgan fingerprint density at radius 3 is 2.94 bits per heavy atom. The maximum atomic E-state index is 11.7. The van der Waals surface area contributed by atoms with Crippen LogP contribution in [-0.2, 0) is 11.3 Å². The minimum Gasteiger partial charge on any atom is -0.352 e. The molecule has 6 heteroatoms. The van der Waals surface area contributed by atoms with Crippen molar-refractivity contribution >= 4 is 21.8 Å². The summed E-state index contributed by atoms with van der Waals surface area (Å²) in [5, 5.41) is 2.93. The van der Waals surface area contributed by atoms with E-state index >= 15 is 0 Å². The molecule has 0 unspecified atom stereocenters. The van der Waals surface area contributed by atoms with E-state index in [1.54, 1.807) is 0 Å². The number of aromatic nitrogens is 2. The SMILES string of the molecule is O=C(Cn1cncc(Br)c1=O)NC1CCCC1. The van der Waals surface area contributed by atoms with Crippen molar-refractivity contribution in [3.8, 4) is 0 Å². The van der Waals surface area contributed by atoms with Crippen LogP contribution in [0.2, 0.25) is 0 Å². The molecule has 17 heavy (non-hydrogen) atoms. The molecule has 1 saturated carbocycles. The smallest absolute Gasteiger partial charge is 0.268 e. The van der Waals surface area contributed by atoms with Crippen molar-refractivity contribution in [2.24, 2.45) is 0 Å². The molecule has 1 N–H and O–H groups in total. The number of nitrogens with zero attached hydrogens (tertiary/aromatic N) is 2. The number of halogens is 1. The normalized spacial score (nSPS) is 16.1. The van der Waals surface area contributed by atoms with E-state index in [-0.39, 0.29) is 24.1 Å². The molecule has 0 atom stereocenters. The molecule has 1 aliphatic carbocycles. The standard InChI is InChI=1S/C11H14BrN3O2/c12-9-5-13-7-15(11(9)17)6-10(16)14-8-3-1-2-4-8/h5,7-8H,1-4,6H2,(H,14,16). The number of hydrogen-bond acceptors (Lipinski definition) is 3. The van der Waals surface area contributed by atoms with Gasteiger partial charge in [-0.2, -0.15) is 0 Å². The molecular weight excluding hydrogens is 286 g/mol. The Kier molecular flexibility index (Phi) is 3.93. The Morgan fingerprint density at radius 2 is 2.24 bits per heavy atom. The minimum absolute atomic E-state index is 0.0295. The van der Waals surface area contributed by atoms with Gasteiger partial charge < -0.3 is 5.32 Å². The van der Waals surface area contributed by atoms with Crippen molar-refractivity contribution in [3.05, 3.63) is 27.4 Å². The van der Waals surface area contributed by atoms with Crippen molar-refractivity contribution < 1.29 is 4.79 Å². The fraction of sp³-hybridized carbons (Fsp3) is 0.545. The fourth-order valence-corrected chi connectivity index (χ4v) is 2.38. The predicted molar refractivity (Wildman–Crippen MR) is 66.6 cm³/mol. The summed E-state index contributed by atoms with van der Waals surface area (Å²) >= 11 is 3.10. The van der Waals surface area contributed by atoms with Crippen molar-refractivity contribution in [2.45, 2.75) is 38.3 Å². The van der Waals surface area contributed by atoms with Crippen LogP contribution < -0.4 is 10.9 Å². The van der Waals surface area contributed by atoms with Gasteiger partial charge in [0, 0.05) is 12.2 Å². The molecule has 0 aliphatic heterocycles. The van der Waals surface area contributed by atoms with Gasteiger partial charge in [-0.25, -0.2) is 4.98 Å². The van der Waals surface area contributed by atoms with Gasteiger partial charge in [0.15, 0.2) is 0 Å². The molecule has 0 spiro atoms. The average molecular weight is 300 g/mol. The Labute approximate surface area is 107 Å². The third kappa shape index (κ3) is 3.15. The van der Waals surface area contributed by atoms with Crippen LogP contribution in [0.4, 0.5) is 0 Å². The molecule has 0 bridgehead atoms. The quantitative estimate of drug-likeness (QED) is 0.908. The first-order valence-electron chi connectivity index (χ1n) is 5.66. The maximum Gasteiger partial charge on any atom is 0.268 e. The van der Waals surface area contributed by atoms with Gasteiger partial charge in [-0.15, -0.1) is 0 Å². The second-order valence-electron chi connectivity index (χ2n) is 4.22. The minimum atomic E-state index is -0.235. The lowest BCUT2D eigenvalue weighted by molar-refractivity contribution is -0.122. The largest absolute Gasteiger partial charge is 0.352 e. The van der Waals surface area contributed by atoms with Crippen LogP contribution in [0, 0.1) is 0 Å². The van der Waals surface area contributed by atoms with E-state index in [2.05, 4.69) is 26.2 Å². The molecule has 1 amide bonds.